The minimum atomic E-state index is -3.71. The van der Waals surface area contributed by atoms with Gasteiger partial charge in [0, 0.05) is 19.2 Å². The fourth-order valence-electron chi connectivity index (χ4n) is 3.69. The van der Waals surface area contributed by atoms with E-state index in [1.807, 2.05) is 0 Å². The highest BCUT2D eigenvalue weighted by Crippen LogP contribution is 2.29. The predicted octanol–water partition coefficient (Wildman–Crippen LogP) is 2.85. The standard InChI is InChI=1S/C21H29NO6S/c1-26-19-9-7-17(8-10-21(23)28-16-18-5-3-2-4-6-18)15-20(19)29(24,25)22-11-13-27-14-12-22/h7-10,15,18H,2-6,11-14,16H2,1H3/b10-8+. The molecule has 1 aromatic carbocycles. The summed E-state index contributed by atoms with van der Waals surface area (Å²) in [5.41, 5.74) is 0.590. The van der Waals surface area contributed by atoms with Crippen molar-refractivity contribution in [1.82, 2.24) is 4.31 Å². The van der Waals surface area contributed by atoms with Crippen molar-refractivity contribution in [3.8, 4) is 5.75 Å². The van der Waals surface area contributed by atoms with Gasteiger partial charge in [0.1, 0.15) is 10.6 Å². The molecule has 1 saturated carbocycles. The van der Waals surface area contributed by atoms with Gasteiger partial charge in [-0.05, 0) is 42.5 Å². The Hall–Kier alpha value is -1.90. The minimum absolute atomic E-state index is 0.0830. The number of methoxy groups -OCH3 is 1. The van der Waals surface area contributed by atoms with Crippen LogP contribution in [0.4, 0.5) is 0 Å². The Morgan fingerprint density at radius 2 is 1.93 bits per heavy atom. The van der Waals surface area contributed by atoms with Crippen molar-refractivity contribution in [1.29, 1.82) is 0 Å². The van der Waals surface area contributed by atoms with Crippen molar-refractivity contribution in [2.24, 2.45) is 5.92 Å². The van der Waals surface area contributed by atoms with Gasteiger partial charge >= 0.3 is 5.97 Å². The van der Waals surface area contributed by atoms with Crippen LogP contribution >= 0.6 is 0 Å². The molecule has 7 nitrogen and oxygen atoms in total. The second-order valence-corrected chi connectivity index (χ2v) is 9.30. The highest BCUT2D eigenvalue weighted by molar-refractivity contribution is 7.89. The molecule has 8 heteroatoms. The van der Waals surface area contributed by atoms with Crippen LogP contribution in [-0.2, 0) is 24.3 Å². The summed E-state index contributed by atoms with van der Waals surface area (Å²) < 4.78 is 43.3. The molecule has 160 valence electrons. The van der Waals surface area contributed by atoms with E-state index in [-0.39, 0.29) is 10.6 Å². The summed E-state index contributed by atoms with van der Waals surface area (Å²) in [5, 5.41) is 0. The molecule has 0 atom stereocenters. The van der Waals surface area contributed by atoms with E-state index in [0.29, 0.717) is 44.4 Å². The molecule has 0 spiro atoms. The summed E-state index contributed by atoms with van der Waals surface area (Å²) >= 11 is 0. The van der Waals surface area contributed by atoms with Gasteiger partial charge in [0.15, 0.2) is 0 Å². The molecule has 1 aromatic rings. The number of carbonyl (C=O) groups is 1. The van der Waals surface area contributed by atoms with Crippen LogP contribution in [-0.4, -0.2) is 58.7 Å². The number of esters is 1. The van der Waals surface area contributed by atoms with Crippen LogP contribution in [0.3, 0.4) is 0 Å². The third-order valence-electron chi connectivity index (χ3n) is 5.37. The number of carbonyl (C=O) groups excluding carboxylic acids is 1. The Balaban J connectivity index is 1.69. The van der Waals surface area contributed by atoms with Crippen molar-refractivity contribution in [2.75, 3.05) is 40.0 Å². The summed E-state index contributed by atoms with van der Waals surface area (Å²) in [4.78, 5) is 12.1. The van der Waals surface area contributed by atoms with Gasteiger partial charge in [0.05, 0.1) is 26.9 Å². The van der Waals surface area contributed by atoms with Crippen molar-refractivity contribution in [2.45, 2.75) is 37.0 Å². The Kier molecular flexibility index (Phi) is 7.69. The van der Waals surface area contributed by atoms with Gasteiger partial charge in [-0.15, -0.1) is 0 Å². The maximum Gasteiger partial charge on any atom is 0.330 e. The van der Waals surface area contributed by atoms with Crippen LogP contribution in [0.25, 0.3) is 6.08 Å². The monoisotopic (exact) mass is 423 g/mol. The second-order valence-electron chi connectivity index (χ2n) is 7.39. The molecule has 2 aliphatic rings. The van der Waals surface area contributed by atoms with E-state index in [1.54, 1.807) is 18.2 Å². The highest BCUT2D eigenvalue weighted by atomic mass is 32.2. The van der Waals surface area contributed by atoms with Crippen LogP contribution in [0, 0.1) is 5.92 Å². The van der Waals surface area contributed by atoms with Crippen LogP contribution in [0.1, 0.15) is 37.7 Å². The first-order valence-corrected chi connectivity index (χ1v) is 11.6. The molecule has 1 heterocycles. The van der Waals surface area contributed by atoms with Gasteiger partial charge < -0.3 is 14.2 Å². The molecule has 0 N–H and O–H groups in total. The Labute approximate surface area is 172 Å². The molecule has 1 aliphatic carbocycles. The third-order valence-corrected chi connectivity index (χ3v) is 7.29. The number of sulfonamides is 1. The van der Waals surface area contributed by atoms with E-state index in [1.165, 1.54) is 42.8 Å². The van der Waals surface area contributed by atoms with Crippen molar-refractivity contribution in [3.05, 3.63) is 29.8 Å². The third kappa shape index (κ3) is 5.81. The van der Waals surface area contributed by atoms with Crippen LogP contribution < -0.4 is 4.74 Å². The molecule has 2 fully saturated rings. The maximum atomic E-state index is 13.0. The molecule has 1 aliphatic heterocycles. The number of ether oxygens (including phenoxy) is 3. The average Bonchev–Trinajstić information content (AvgIpc) is 2.77. The predicted molar refractivity (Wildman–Crippen MR) is 109 cm³/mol. The lowest BCUT2D eigenvalue weighted by atomic mass is 9.90. The normalized spacial score (nSPS) is 19.3. The van der Waals surface area contributed by atoms with E-state index in [9.17, 15) is 13.2 Å². The van der Waals surface area contributed by atoms with Crippen LogP contribution in [0.5, 0.6) is 5.75 Å². The summed E-state index contributed by atoms with van der Waals surface area (Å²) in [5.74, 6) is 0.310. The largest absolute Gasteiger partial charge is 0.495 e. The topological polar surface area (TPSA) is 82.1 Å². The minimum Gasteiger partial charge on any atom is -0.495 e. The van der Waals surface area contributed by atoms with Crippen molar-refractivity contribution in [3.63, 3.8) is 0 Å². The molecule has 0 aromatic heterocycles. The van der Waals surface area contributed by atoms with E-state index in [0.717, 1.165) is 12.8 Å². The molecule has 1 saturated heterocycles. The SMILES string of the molecule is COc1ccc(/C=C/C(=O)OCC2CCCCC2)cc1S(=O)(=O)N1CCOCC1. The van der Waals surface area contributed by atoms with Gasteiger partial charge in [0.25, 0.3) is 0 Å². The molecular weight excluding hydrogens is 394 g/mol. The molecule has 0 unspecified atom stereocenters. The lowest BCUT2D eigenvalue weighted by Gasteiger charge is -2.26. The average molecular weight is 424 g/mol. The van der Waals surface area contributed by atoms with Gasteiger partial charge in [0.2, 0.25) is 10.0 Å². The lowest BCUT2D eigenvalue weighted by Crippen LogP contribution is -2.40. The number of hydrogen-bond acceptors (Lipinski definition) is 6. The van der Waals surface area contributed by atoms with Gasteiger partial charge in [-0.3, -0.25) is 0 Å². The molecule has 0 bridgehead atoms. The van der Waals surface area contributed by atoms with E-state index in [2.05, 4.69) is 0 Å². The summed E-state index contributed by atoms with van der Waals surface area (Å²) in [6.07, 6.45) is 8.79. The second kappa shape index (κ2) is 10.2. The summed E-state index contributed by atoms with van der Waals surface area (Å²) in [7, 11) is -2.28. The van der Waals surface area contributed by atoms with Crippen LogP contribution in [0.15, 0.2) is 29.2 Å². The molecular formula is C21H29NO6S. The molecule has 29 heavy (non-hydrogen) atoms. The van der Waals surface area contributed by atoms with E-state index < -0.39 is 16.0 Å². The Bertz CT molecular complexity index is 824. The fraction of sp³-hybridized carbons (Fsp3) is 0.571. The van der Waals surface area contributed by atoms with E-state index >= 15 is 0 Å². The highest BCUT2D eigenvalue weighted by Gasteiger charge is 2.29. The molecule has 0 amide bonds. The number of benzene rings is 1. The quantitative estimate of drug-likeness (QED) is 0.495. The number of morpholine rings is 1. The van der Waals surface area contributed by atoms with Crippen molar-refractivity contribution >= 4 is 22.1 Å². The molecule has 3 rings (SSSR count). The first-order chi connectivity index (χ1) is 14.0. The smallest absolute Gasteiger partial charge is 0.330 e. The zero-order valence-corrected chi connectivity index (χ0v) is 17.7. The van der Waals surface area contributed by atoms with Crippen molar-refractivity contribution < 1.29 is 27.4 Å². The maximum absolute atomic E-state index is 13.0. The van der Waals surface area contributed by atoms with E-state index in [4.69, 9.17) is 14.2 Å². The Morgan fingerprint density at radius 1 is 1.21 bits per heavy atom. The summed E-state index contributed by atoms with van der Waals surface area (Å²) in [6.45, 7) is 1.79. The Morgan fingerprint density at radius 3 is 2.62 bits per heavy atom. The van der Waals surface area contributed by atoms with Crippen LogP contribution in [0.2, 0.25) is 0 Å². The fourth-order valence-corrected chi connectivity index (χ4v) is 5.29. The first-order valence-electron chi connectivity index (χ1n) is 10.1. The zero-order valence-electron chi connectivity index (χ0n) is 16.8. The zero-order chi connectivity index (χ0) is 20.7. The van der Waals surface area contributed by atoms with Gasteiger partial charge in [-0.2, -0.15) is 4.31 Å². The van der Waals surface area contributed by atoms with Gasteiger partial charge in [-0.25, -0.2) is 13.2 Å². The number of nitrogens with zero attached hydrogens (tertiary/aromatic N) is 1. The number of hydrogen-bond donors (Lipinski definition) is 0. The molecule has 0 radical (unpaired) electrons. The lowest BCUT2D eigenvalue weighted by molar-refractivity contribution is -0.139. The van der Waals surface area contributed by atoms with Gasteiger partial charge in [-0.1, -0.05) is 25.3 Å². The first kappa shape index (κ1) is 21.8. The number of rotatable bonds is 7. The summed E-state index contributed by atoms with van der Waals surface area (Å²) in [6, 6.07) is 4.83.